The summed E-state index contributed by atoms with van der Waals surface area (Å²) in [5, 5.41) is 0. The van der Waals surface area contributed by atoms with E-state index in [1.165, 1.54) is 0 Å². The van der Waals surface area contributed by atoms with Crippen molar-refractivity contribution in [3.8, 4) is 0 Å². The second-order valence-electron chi connectivity index (χ2n) is 4.00. The molecule has 0 aliphatic heterocycles. The van der Waals surface area contributed by atoms with Gasteiger partial charge in [0, 0.05) is 13.3 Å². The first-order valence-corrected chi connectivity index (χ1v) is 5.81. The summed E-state index contributed by atoms with van der Waals surface area (Å²) in [5.74, 6) is -0.373. The van der Waals surface area contributed by atoms with Gasteiger partial charge in [0.2, 0.25) is 0 Å². The molecule has 0 amide bonds. The molecule has 0 N–H and O–H groups in total. The van der Waals surface area contributed by atoms with E-state index in [0.29, 0.717) is 18.0 Å². The summed E-state index contributed by atoms with van der Waals surface area (Å²) in [7, 11) is 1.57. The first-order valence-electron chi connectivity index (χ1n) is 5.81. The fourth-order valence-electron chi connectivity index (χ4n) is 1.85. The molecule has 0 aromatic carbocycles. The fourth-order valence-corrected chi connectivity index (χ4v) is 1.85. The van der Waals surface area contributed by atoms with Gasteiger partial charge in [-0.15, -0.1) is 0 Å². The van der Waals surface area contributed by atoms with Crippen molar-refractivity contribution in [2.75, 3.05) is 13.7 Å². The van der Waals surface area contributed by atoms with E-state index in [1.807, 2.05) is 25.3 Å². The van der Waals surface area contributed by atoms with E-state index in [0.717, 1.165) is 11.2 Å². The van der Waals surface area contributed by atoms with Gasteiger partial charge in [-0.3, -0.25) is 4.40 Å². The Kier molecular flexibility index (Phi) is 3.62. The Balaban J connectivity index is 2.60. The van der Waals surface area contributed by atoms with E-state index in [1.54, 1.807) is 18.4 Å². The number of carbonyl (C=O) groups excluding carboxylic acids is 1. The molecular weight excluding hydrogens is 232 g/mol. The van der Waals surface area contributed by atoms with Crippen LogP contribution in [-0.2, 0) is 16.1 Å². The van der Waals surface area contributed by atoms with Gasteiger partial charge in [-0.1, -0.05) is 6.07 Å². The number of imidazole rings is 1. The van der Waals surface area contributed by atoms with Crippen LogP contribution in [0.25, 0.3) is 5.65 Å². The summed E-state index contributed by atoms with van der Waals surface area (Å²) < 4.78 is 11.9. The molecule has 0 atom stereocenters. The molecule has 96 valence electrons. The summed E-state index contributed by atoms with van der Waals surface area (Å²) in [6.07, 6.45) is 1.87. The van der Waals surface area contributed by atoms with Gasteiger partial charge in [-0.25, -0.2) is 9.78 Å². The SMILES string of the molecule is CCOC(=O)c1c(COC)nc2ccc(C)cn12. The molecule has 2 rings (SSSR count). The van der Waals surface area contributed by atoms with E-state index in [2.05, 4.69) is 4.98 Å². The van der Waals surface area contributed by atoms with E-state index >= 15 is 0 Å². The van der Waals surface area contributed by atoms with Crippen LogP contribution >= 0.6 is 0 Å². The zero-order valence-electron chi connectivity index (χ0n) is 10.8. The van der Waals surface area contributed by atoms with Crippen molar-refractivity contribution in [1.29, 1.82) is 0 Å². The molecule has 0 aliphatic rings. The highest BCUT2D eigenvalue weighted by Gasteiger charge is 2.20. The number of esters is 1. The number of nitrogens with zero attached hydrogens (tertiary/aromatic N) is 2. The standard InChI is InChI=1S/C13H16N2O3/c1-4-18-13(16)12-10(8-17-3)14-11-6-5-9(2)7-15(11)12/h5-7H,4,8H2,1-3H3. The Morgan fingerprint density at radius 2 is 2.22 bits per heavy atom. The third kappa shape index (κ3) is 2.22. The van der Waals surface area contributed by atoms with Crippen LogP contribution in [0, 0.1) is 6.92 Å². The molecule has 0 bridgehead atoms. The van der Waals surface area contributed by atoms with Gasteiger partial charge in [0.25, 0.3) is 0 Å². The van der Waals surface area contributed by atoms with Crippen LogP contribution in [-0.4, -0.2) is 29.1 Å². The molecule has 2 aromatic rings. The molecule has 5 heteroatoms. The van der Waals surface area contributed by atoms with Crippen molar-refractivity contribution in [3.05, 3.63) is 35.3 Å². The van der Waals surface area contributed by atoms with Gasteiger partial charge < -0.3 is 9.47 Å². The minimum Gasteiger partial charge on any atom is -0.461 e. The minimum atomic E-state index is -0.373. The van der Waals surface area contributed by atoms with Gasteiger partial charge in [-0.2, -0.15) is 0 Å². The van der Waals surface area contributed by atoms with Gasteiger partial charge >= 0.3 is 5.97 Å². The summed E-state index contributed by atoms with van der Waals surface area (Å²) in [5.41, 5.74) is 2.81. The third-order valence-electron chi connectivity index (χ3n) is 2.59. The zero-order chi connectivity index (χ0) is 13.1. The van der Waals surface area contributed by atoms with Crippen LogP contribution in [0.3, 0.4) is 0 Å². The Hall–Kier alpha value is -1.88. The van der Waals surface area contributed by atoms with Gasteiger partial charge in [0.05, 0.1) is 13.2 Å². The number of methoxy groups -OCH3 is 1. The predicted octanol–water partition coefficient (Wildman–Crippen LogP) is 1.97. The lowest BCUT2D eigenvalue weighted by atomic mass is 10.3. The molecule has 0 radical (unpaired) electrons. The second kappa shape index (κ2) is 5.18. The molecule has 2 heterocycles. The van der Waals surface area contributed by atoms with Crippen LogP contribution in [0.15, 0.2) is 18.3 Å². The Morgan fingerprint density at radius 3 is 2.89 bits per heavy atom. The van der Waals surface area contributed by atoms with Crippen molar-refractivity contribution in [1.82, 2.24) is 9.38 Å². The molecule has 0 unspecified atom stereocenters. The van der Waals surface area contributed by atoms with E-state index in [9.17, 15) is 4.79 Å². The second-order valence-corrected chi connectivity index (χ2v) is 4.00. The monoisotopic (exact) mass is 248 g/mol. The highest BCUT2D eigenvalue weighted by atomic mass is 16.5. The molecular formula is C13H16N2O3. The Bertz CT molecular complexity index is 575. The maximum atomic E-state index is 12.0. The van der Waals surface area contributed by atoms with E-state index in [-0.39, 0.29) is 12.6 Å². The molecule has 0 saturated heterocycles. The molecule has 0 saturated carbocycles. The summed E-state index contributed by atoms with van der Waals surface area (Å²) in [6.45, 7) is 4.37. The van der Waals surface area contributed by atoms with Crippen LogP contribution in [0.1, 0.15) is 28.7 Å². The summed E-state index contributed by atoms with van der Waals surface area (Å²) in [4.78, 5) is 16.4. The lowest BCUT2D eigenvalue weighted by Crippen LogP contribution is -2.11. The average molecular weight is 248 g/mol. The van der Waals surface area contributed by atoms with Crippen LogP contribution in [0.2, 0.25) is 0 Å². The number of hydrogen-bond donors (Lipinski definition) is 0. The normalized spacial score (nSPS) is 10.8. The van der Waals surface area contributed by atoms with Crippen LogP contribution in [0.4, 0.5) is 0 Å². The topological polar surface area (TPSA) is 52.8 Å². The Morgan fingerprint density at radius 1 is 1.44 bits per heavy atom. The molecule has 0 spiro atoms. The predicted molar refractivity (Wildman–Crippen MR) is 66.6 cm³/mol. The number of hydrogen-bond acceptors (Lipinski definition) is 4. The molecule has 5 nitrogen and oxygen atoms in total. The van der Waals surface area contributed by atoms with E-state index in [4.69, 9.17) is 9.47 Å². The third-order valence-corrected chi connectivity index (χ3v) is 2.59. The minimum absolute atomic E-state index is 0.287. The zero-order valence-corrected chi connectivity index (χ0v) is 10.8. The number of pyridine rings is 1. The maximum absolute atomic E-state index is 12.0. The van der Waals surface area contributed by atoms with Crippen molar-refractivity contribution in [2.45, 2.75) is 20.5 Å². The molecule has 2 aromatic heterocycles. The largest absolute Gasteiger partial charge is 0.461 e. The quantitative estimate of drug-likeness (QED) is 0.776. The molecule has 0 fully saturated rings. The number of fused-ring (bicyclic) bond motifs is 1. The van der Waals surface area contributed by atoms with Crippen LogP contribution in [0.5, 0.6) is 0 Å². The number of ether oxygens (including phenoxy) is 2. The lowest BCUT2D eigenvalue weighted by molar-refractivity contribution is 0.0513. The van der Waals surface area contributed by atoms with Gasteiger partial charge in [-0.05, 0) is 25.5 Å². The van der Waals surface area contributed by atoms with Gasteiger partial charge in [0.1, 0.15) is 11.3 Å². The van der Waals surface area contributed by atoms with E-state index < -0.39 is 0 Å². The smallest absolute Gasteiger partial charge is 0.357 e. The first kappa shape index (κ1) is 12.6. The first-order chi connectivity index (χ1) is 8.67. The number of rotatable bonds is 4. The number of carbonyl (C=O) groups is 1. The summed E-state index contributed by atoms with van der Waals surface area (Å²) >= 11 is 0. The van der Waals surface area contributed by atoms with Crippen LogP contribution < -0.4 is 0 Å². The summed E-state index contributed by atoms with van der Waals surface area (Å²) in [6, 6.07) is 3.82. The average Bonchev–Trinajstić information content (AvgIpc) is 2.67. The lowest BCUT2D eigenvalue weighted by Gasteiger charge is -2.04. The maximum Gasteiger partial charge on any atom is 0.357 e. The highest BCUT2D eigenvalue weighted by Crippen LogP contribution is 2.16. The van der Waals surface area contributed by atoms with Crippen molar-refractivity contribution < 1.29 is 14.3 Å². The highest BCUT2D eigenvalue weighted by molar-refractivity contribution is 5.90. The number of aryl methyl sites for hydroxylation is 1. The molecule has 18 heavy (non-hydrogen) atoms. The fraction of sp³-hybridized carbons (Fsp3) is 0.385. The van der Waals surface area contributed by atoms with Crippen molar-refractivity contribution in [3.63, 3.8) is 0 Å². The Labute approximate surface area is 105 Å². The van der Waals surface area contributed by atoms with Crippen molar-refractivity contribution in [2.24, 2.45) is 0 Å². The van der Waals surface area contributed by atoms with Gasteiger partial charge in [0.15, 0.2) is 5.69 Å². The van der Waals surface area contributed by atoms with Crippen molar-refractivity contribution >= 4 is 11.6 Å². The molecule has 0 aliphatic carbocycles. The number of aromatic nitrogens is 2.